The number of fused-ring (bicyclic) bond motifs is 1. The van der Waals surface area contributed by atoms with Gasteiger partial charge in [0.05, 0.1) is 28.2 Å². The second-order valence-electron chi connectivity index (χ2n) is 6.59. The Bertz CT molecular complexity index is 1320. The van der Waals surface area contributed by atoms with E-state index in [1.807, 2.05) is 24.3 Å². The molecule has 29 heavy (non-hydrogen) atoms. The summed E-state index contributed by atoms with van der Waals surface area (Å²) in [7, 11) is 0. The topological polar surface area (TPSA) is 58.7 Å². The first-order chi connectivity index (χ1) is 14.1. The van der Waals surface area contributed by atoms with Gasteiger partial charge in [0.15, 0.2) is 5.16 Å². The van der Waals surface area contributed by atoms with Crippen LogP contribution in [-0.4, -0.2) is 9.55 Å². The van der Waals surface area contributed by atoms with E-state index in [-0.39, 0.29) is 11.4 Å². The zero-order chi connectivity index (χ0) is 20.4. The molecule has 0 unspecified atom stereocenters. The molecule has 4 aromatic rings. The minimum absolute atomic E-state index is 0.243. The molecule has 0 aliphatic rings. The molecule has 0 radical (unpaired) electrons. The minimum atomic E-state index is -0.375. The Morgan fingerprint density at radius 3 is 2.72 bits per heavy atom. The van der Waals surface area contributed by atoms with Crippen molar-refractivity contribution < 1.29 is 4.39 Å². The molecule has 0 saturated carbocycles. The second-order valence-corrected chi connectivity index (χ2v) is 7.53. The van der Waals surface area contributed by atoms with Crippen LogP contribution in [0, 0.1) is 24.1 Å². The van der Waals surface area contributed by atoms with Gasteiger partial charge in [0.25, 0.3) is 5.56 Å². The van der Waals surface area contributed by atoms with Crippen molar-refractivity contribution in [2.75, 3.05) is 0 Å². The van der Waals surface area contributed by atoms with Gasteiger partial charge in [0, 0.05) is 5.75 Å². The molecule has 0 saturated heterocycles. The Kier molecular flexibility index (Phi) is 5.15. The van der Waals surface area contributed by atoms with Crippen LogP contribution in [0.4, 0.5) is 4.39 Å². The largest absolute Gasteiger partial charge is 0.268 e. The minimum Gasteiger partial charge on any atom is -0.268 e. The second kappa shape index (κ2) is 7.90. The molecule has 0 N–H and O–H groups in total. The highest BCUT2D eigenvalue weighted by molar-refractivity contribution is 7.98. The van der Waals surface area contributed by atoms with Gasteiger partial charge in [0.2, 0.25) is 0 Å². The van der Waals surface area contributed by atoms with Gasteiger partial charge in [-0.3, -0.25) is 9.36 Å². The number of aromatic nitrogens is 2. The van der Waals surface area contributed by atoms with Gasteiger partial charge < -0.3 is 0 Å². The van der Waals surface area contributed by atoms with Crippen molar-refractivity contribution >= 4 is 22.7 Å². The first-order valence-electron chi connectivity index (χ1n) is 8.97. The summed E-state index contributed by atoms with van der Waals surface area (Å²) in [6.45, 7) is 1.68. The zero-order valence-corrected chi connectivity index (χ0v) is 16.4. The van der Waals surface area contributed by atoms with Crippen LogP contribution in [0.15, 0.2) is 76.7 Å². The van der Waals surface area contributed by atoms with E-state index in [2.05, 4.69) is 11.1 Å². The fourth-order valence-electron chi connectivity index (χ4n) is 3.04. The summed E-state index contributed by atoms with van der Waals surface area (Å²) < 4.78 is 15.7. The van der Waals surface area contributed by atoms with Crippen LogP contribution in [0.1, 0.15) is 16.7 Å². The summed E-state index contributed by atoms with van der Waals surface area (Å²) in [5.74, 6) is 0.148. The average molecular weight is 401 g/mol. The molecule has 0 aliphatic carbocycles. The molecule has 0 fully saturated rings. The third-order valence-corrected chi connectivity index (χ3v) is 5.59. The van der Waals surface area contributed by atoms with E-state index in [4.69, 9.17) is 5.26 Å². The number of hydrogen-bond donors (Lipinski definition) is 0. The first kappa shape index (κ1) is 18.9. The predicted octanol–water partition coefficient (Wildman–Crippen LogP) is 5.00. The van der Waals surface area contributed by atoms with E-state index in [0.717, 1.165) is 5.56 Å². The summed E-state index contributed by atoms with van der Waals surface area (Å²) in [4.78, 5) is 17.9. The maximum atomic E-state index is 14.2. The third-order valence-electron chi connectivity index (χ3n) is 4.58. The lowest BCUT2D eigenvalue weighted by atomic mass is 10.2. The quantitative estimate of drug-likeness (QED) is 0.357. The molecule has 0 aliphatic heterocycles. The SMILES string of the molecule is Cc1ccc(-n2c(SCc3cccc(C#N)c3)nc3ccccc3c2=O)cc1F. The monoisotopic (exact) mass is 401 g/mol. The number of aryl methyl sites for hydroxylation is 1. The number of nitrogens with zero attached hydrogens (tertiary/aromatic N) is 3. The Hall–Kier alpha value is -3.43. The van der Waals surface area contributed by atoms with Crippen LogP contribution in [0.5, 0.6) is 0 Å². The van der Waals surface area contributed by atoms with E-state index in [1.54, 1.807) is 43.3 Å². The number of benzene rings is 3. The Morgan fingerprint density at radius 1 is 1.10 bits per heavy atom. The average Bonchev–Trinajstić information content (AvgIpc) is 2.74. The molecule has 6 heteroatoms. The summed E-state index contributed by atoms with van der Waals surface area (Å²) >= 11 is 1.37. The lowest BCUT2D eigenvalue weighted by Crippen LogP contribution is -2.22. The van der Waals surface area contributed by atoms with E-state index in [1.165, 1.54) is 22.4 Å². The van der Waals surface area contributed by atoms with Gasteiger partial charge in [-0.15, -0.1) is 0 Å². The van der Waals surface area contributed by atoms with Gasteiger partial charge in [-0.25, -0.2) is 9.37 Å². The molecule has 1 heterocycles. The molecule has 0 atom stereocenters. The zero-order valence-electron chi connectivity index (χ0n) is 15.6. The molecule has 3 aromatic carbocycles. The number of halogens is 1. The van der Waals surface area contributed by atoms with Crippen LogP contribution < -0.4 is 5.56 Å². The normalized spacial score (nSPS) is 10.8. The highest BCUT2D eigenvalue weighted by atomic mass is 32.2. The van der Waals surface area contributed by atoms with Gasteiger partial charge >= 0.3 is 0 Å². The fourth-order valence-corrected chi connectivity index (χ4v) is 3.99. The van der Waals surface area contributed by atoms with E-state index in [9.17, 15) is 9.18 Å². The number of thioether (sulfide) groups is 1. The van der Waals surface area contributed by atoms with Crippen LogP contribution in [0.2, 0.25) is 0 Å². The molecule has 0 bridgehead atoms. The van der Waals surface area contributed by atoms with Crippen molar-refractivity contribution in [3.63, 3.8) is 0 Å². The molecule has 0 spiro atoms. The molecule has 142 valence electrons. The molecule has 4 rings (SSSR count). The van der Waals surface area contributed by atoms with Gasteiger partial charge in [0.1, 0.15) is 5.82 Å². The molecule has 1 aromatic heterocycles. The van der Waals surface area contributed by atoms with Crippen molar-refractivity contribution in [2.45, 2.75) is 17.8 Å². The van der Waals surface area contributed by atoms with Crippen molar-refractivity contribution in [1.29, 1.82) is 5.26 Å². The van der Waals surface area contributed by atoms with E-state index < -0.39 is 0 Å². The highest BCUT2D eigenvalue weighted by Gasteiger charge is 2.14. The van der Waals surface area contributed by atoms with Crippen LogP contribution >= 0.6 is 11.8 Å². The molecular formula is C23H16FN3OS. The van der Waals surface area contributed by atoms with Gasteiger partial charge in [-0.2, -0.15) is 5.26 Å². The third kappa shape index (κ3) is 3.78. The fraction of sp³-hybridized carbons (Fsp3) is 0.0870. The number of para-hydroxylation sites is 1. The number of rotatable bonds is 4. The number of nitriles is 1. The van der Waals surface area contributed by atoms with E-state index >= 15 is 0 Å². The molecule has 0 amide bonds. The van der Waals surface area contributed by atoms with E-state index in [0.29, 0.717) is 38.6 Å². The van der Waals surface area contributed by atoms with Crippen LogP contribution in [0.25, 0.3) is 16.6 Å². The maximum Gasteiger partial charge on any atom is 0.266 e. The Morgan fingerprint density at radius 2 is 1.93 bits per heavy atom. The summed E-state index contributed by atoms with van der Waals surface area (Å²) in [6, 6.07) is 21.3. The van der Waals surface area contributed by atoms with Gasteiger partial charge in [-0.1, -0.05) is 42.1 Å². The van der Waals surface area contributed by atoms with Crippen molar-refractivity contribution in [3.05, 3.63) is 99.6 Å². The van der Waals surface area contributed by atoms with Crippen LogP contribution in [0.3, 0.4) is 0 Å². The predicted molar refractivity (Wildman–Crippen MR) is 113 cm³/mol. The van der Waals surface area contributed by atoms with Crippen molar-refractivity contribution in [1.82, 2.24) is 9.55 Å². The summed E-state index contributed by atoms with van der Waals surface area (Å²) in [5.41, 5.74) is 2.81. The highest BCUT2D eigenvalue weighted by Crippen LogP contribution is 2.25. The standard InChI is InChI=1S/C23H16FN3OS/c1-15-9-10-18(12-20(15)24)27-22(28)19-7-2-3-8-21(19)26-23(27)29-14-17-6-4-5-16(11-17)13-25/h2-12H,14H2,1H3. The molecular weight excluding hydrogens is 385 g/mol. The van der Waals surface area contributed by atoms with Crippen molar-refractivity contribution in [3.8, 4) is 11.8 Å². The molecule has 4 nitrogen and oxygen atoms in total. The van der Waals surface area contributed by atoms with Crippen molar-refractivity contribution in [2.24, 2.45) is 0 Å². The first-order valence-corrected chi connectivity index (χ1v) is 9.95. The Balaban J connectivity index is 1.84. The van der Waals surface area contributed by atoms with Gasteiger partial charge in [-0.05, 0) is 54.4 Å². The smallest absolute Gasteiger partial charge is 0.266 e. The van der Waals surface area contributed by atoms with Crippen LogP contribution in [-0.2, 0) is 5.75 Å². The Labute approximate surface area is 171 Å². The summed E-state index contributed by atoms with van der Waals surface area (Å²) in [6.07, 6.45) is 0. The summed E-state index contributed by atoms with van der Waals surface area (Å²) in [5, 5.41) is 10.0. The maximum absolute atomic E-state index is 14.2. The number of hydrogen-bond acceptors (Lipinski definition) is 4. The lowest BCUT2D eigenvalue weighted by Gasteiger charge is -2.14. The lowest BCUT2D eigenvalue weighted by molar-refractivity contribution is 0.615.